The summed E-state index contributed by atoms with van der Waals surface area (Å²) in [4.78, 5) is 0. The Morgan fingerprint density at radius 1 is 0.950 bits per heavy atom. The second-order valence-corrected chi connectivity index (χ2v) is 6.14. The maximum Gasteiger partial charge on any atom is 0.0962 e. The van der Waals surface area contributed by atoms with Gasteiger partial charge in [-0.2, -0.15) is 0 Å². The highest BCUT2D eigenvalue weighted by Crippen LogP contribution is 2.20. The SMILES string of the molecule is CC(C)c1ccc(C(O)CNc2ccc(Br)cc2)cc1. The number of nitrogens with one attached hydrogen (secondary N) is 1. The van der Waals surface area contributed by atoms with E-state index in [9.17, 15) is 5.11 Å². The highest BCUT2D eigenvalue weighted by atomic mass is 79.9. The van der Waals surface area contributed by atoms with Gasteiger partial charge >= 0.3 is 0 Å². The number of hydrogen-bond acceptors (Lipinski definition) is 2. The molecule has 1 atom stereocenters. The summed E-state index contributed by atoms with van der Waals surface area (Å²) >= 11 is 3.40. The zero-order valence-electron chi connectivity index (χ0n) is 11.8. The van der Waals surface area contributed by atoms with Crippen LogP contribution in [0.4, 0.5) is 5.69 Å². The van der Waals surface area contributed by atoms with Crippen molar-refractivity contribution in [2.24, 2.45) is 0 Å². The summed E-state index contributed by atoms with van der Waals surface area (Å²) in [5.41, 5.74) is 3.24. The van der Waals surface area contributed by atoms with Gasteiger partial charge in [-0.25, -0.2) is 0 Å². The largest absolute Gasteiger partial charge is 0.387 e. The summed E-state index contributed by atoms with van der Waals surface area (Å²) in [5.74, 6) is 0.516. The first-order valence-corrected chi connectivity index (χ1v) is 7.63. The number of benzene rings is 2. The lowest BCUT2D eigenvalue weighted by Crippen LogP contribution is -2.12. The van der Waals surface area contributed by atoms with E-state index in [2.05, 4.69) is 47.2 Å². The van der Waals surface area contributed by atoms with E-state index in [0.717, 1.165) is 15.7 Å². The summed E-state index contributed by atoms with van der Waals surface area (Å²) in [7, 11) is 0. The van der Waals surface area contributed by atoms with Crippen LogP contribution in [0.1, 0.15) is 37.0 Å². The number of rotatable bonds is 5. The first-order chi connectivity index (χ1) is 9.56. The first kappa shape index (κ1) is 15.1. The monoisotopic (exact) mass is 333 g/mol. The van der Waals surface area contributed by atoms with E-state index in [4.69, 9.17) is 0 Å². The van der Waals surface area contributed by atoms with Gasteiger partial charge in [0.05, 0.1) is 6.10 Å². The molecule has 0 spiro atoms. The lowest BCUT2D eigenvalue weighted by Gasteiger charge is -2.14. The van der Waals surface area contributed by atoms with Crippen LogP contribution < -0.4 is 5.32 Å². The summed E-state index contributed by atoms with van der Waals surface area (Å²) in [6.07, 6.45) is -0.500. The molecule has 3 heteroatoms. The van der Waals surface area contributed by atoms with Gasteiger partial charge in [0.25, 0.3) is 0 Å². The van der Waals surface area contributed by atoms with Crippen molar-refractivity contribution in [2.45, 2.75) is 25.9 Å². The Bertz CT molecular complexity index is 534. The molecule has 20 heavy (non-hydrogen) atoms. The van der Waals surface area contributed by atoms with Crippen molar-refractivity contribution in [3.05, 3.63) is 64.1 Å². The van der Waals surface area contributed by atoms with Gasteiger partial charge < -0.3 is 10.4 Å². The van der Waals surface area contributed by atoms with Crippen LogP contribution in [-0.2, 0) is 0 Å². The number of aliphatic hydroxyl groups is 1. The lowest BCUT2D eigenvalue weighted by molar-refractivity contribution is 0.191. The average Bonchev–Trinajstić information content (AvgIpc) is 2.46. The minimum atomic E-state index is -0.500. The van der Waals surface area contributed by atoms with Crippen molar-refractivity contribution in [3.63, 3.8) is 0 Å². The first-order valence-electron chi connectivity index (χ1n) is 6.83. The predicted octanol–water partition coefficient (Wildman–Crippen LogP) is 4.72. The normalized spacial score (nSPS) is 12.4. The second kappa shape index (κ2) is 6.91. The van der Waals surface area contributed by atoms with Crippen LogP contribution in [-0.4, -0.2) is 11.7 Å². The van der Waals surface area contributed by atoms with Crippen LogP contribution in [0.15, 0.2) is 53.0 Å². The molecule has 0 heterocycles. The maximum absolute atomic E-state index is 10.2. The Hall–Kier alpha value is -1.32. The van der Waals surface area contributed by atoms with E-state index in [-0.39, 0.29) is 0 Å². The van der Waals surface area contributed by atoms with Crippen molar-refractivity contribution >= 4 is 21.6 Å². The minimum Gasteiger partial charge on any atom is -0.387 e. The van der Waals surface area contributed by atoms with Crippen LogP contribution in [0.2, 0.25) is 0 Å². The molecule has 0 saturated heterocycles. The van der Waals surface area contributed by atoms with Gasteiger partial charge in [0.2, 0.25) is 0 Å². The molecule has 0 fully saturated rings. The molecule has 0 aliphatic heterocycles. The van der Waals surface area contributed by atoms with Gasteiger partial charge in [-0.1, -0.05) is 54.0 Å². The molecule has 2 nitrogen and oxygen atoms in total. The smallest absolute Gasteiger partial charge is 0.0962 e. The predicted molar refractivity (Wildman–Crippen MR) is 88.1 cm³/mol. The maximum atomic E-state index is 10.2. The summed E-state index contributed by atoms with van der Waals surface area (Å²) in [6.45, 7) is 4.84. The zero-order chi connectivity index (χ0) is 14.5. The minimum absolute atomic E-state index is 0.500. The van der Waals surface area contributed by atoms with Crippen molar-refractivity contribution < 1.29 is 5.11 Å². The lowest BCUT2D eigenvalue weighted by atomic mass is 10.00. The van der Waals surface area contributed by atoms with Crippen LogP contribution >= 0.6 is 15.9 Å². The van der Waals surface area contributed by atoms with Crippen LogP contribution in [0.5, 0.6) is 0 Å². The molecule has 0 bridgehead atoms. The number of halogens is 1. The van der Waals surface area contributed by atoms with Gasteiger partial charge in [0, 0.05) is 16.7 Å². The molecule has 2 N–H and O–H groups in total. The van der Waals surface area contributed by atoms with Crippen LogP contribution in [0.3, 0.4) is 0 Å². The topological polar surface area (TPSA) is 32.3 Å². The third-order valence-corrected chi connectivity index (χ3v) is 3.86. The molecule has 0 aliphatic rings. The fourth-order valence-corrected chi connectivity index (χ4v) is 2.27. The molecular formula is C17H20BrNO. The summed E-state index contributed by atoms with van der Waals surface area (Å²) < 4.78 is 1.05. The van der Waals surface area contributed by atoms with Crippen molar-refractivity contribution in [1.82, 2.24) is 0 Å². The Labute approximate surface area is 129 Å². The molecule has 2 aromatic rings. The van der Waals surface area contributed by atoms with Crippen molar-refractivity contribution in [1.29, 1.82) is 0 Å². The average molecular weight is 334 g/mol. The summed E-state index contributed by atoms with van der Waals surface area (Å²) in [6, 6.07) is 16.1. The van der Waals surface area contributed by atoms with E-state index >= 15 is 0 Å². The Balaban J connectivity index is 1.94. The molecule has 0 aromatic heterocycles. The van der Waals surface area contributed by atoms with Crippen molar-refractivity contribution in [3.8, 4) is 0 Å². The molecule has 0 aliphatic carbocycles. The van der Waals surface area contributed by atoms with Gasteiger partial charge in [0.1, 0.15) is 0 Å². The molecule has 1 unspecified atom stereocenters. The fourth-order valence-electron chi connectivity index (χ4n) is 2.00. The summed E-state index contributed by atoms with van der Waals surface area (Å²) in [5, 5.41) is 13.4. The Kier molecular flexibility index (Phi) is 5.21. The highest BCUT2D eigenvalue weighted by Gasteiger charge is 2.08. The third-order valence-electron chi connectivity index (χ3n) is 3.33. The van der Waals surface area contributed by atoms with Gasteiger partial charge in [-0.3, -0.25) is 0 Å². The molecule has 106 valence electrons. The molecular weight excluding hydrogens is 314 g/mol. The number of hydrogen-bond donors (Lipinski definition) is 2. The fraction of sp³-hybridized carbons (Fsp3) is 0.294. The van der Waals surface area contributed by atoms with Gasteiger partial charge in [-0.05, 0) is 41.3 Å². The van der Waals surface area contributed by atoms with E-state index in [0.29, 0.717) is 12.5 Å². The zero-order valence-corrected chi connectivity index (χ0v) is 13.4. The van der Waals surface area contributed by atoms with Crippen molar-refractivity contribution in [2.75, 3.05) is 11.9 Å². The Morgan fingerprint density at radius 2 is 1.50 bits per heavy atom. The van der Waals surface area contributed by atoms with E-state index < -0.39 is 6.10 Å². The van der Waals surface area contributed by atoms with Gasteiger partial charge in [0.15, 0.2) is 0 Å². The molecule has 2 aromatic carbocycles. The molecule has 2 rings (SSSR count). The van der Waals surface area contributed by atoms with E-state index in [1.807, 2.05) is 36.4 Å². The second-order valence-electron chi connectivity index (χ2n) is 5.22. The molecule has 0 amide bonds. The standard InChI is InChI=1S/C17H20BrNO/c1-12(2)13-3-5-14(6-4-13)17(20)11-19-16-9-7-15(18)8-10-16/h3-10,12,17,19-20H,11H2,1-2H3. The third kappa shape index (κ3) is 4.09. The number of anilines is 1. The molecule has 0 radical (unpaired) electrons. The molecule has 0 saturated carbocycles. The van der Waals surface area contributed by atoms with Crippen LogP contribution in [0, 0.1) is 0 Å². The van der Waals surface area contributed by atoms with Crippen LogP contribution in [0.25, 0.3) is 0 Å². The Morgan fingerprint density at radius 3 is 2.05 bits per heavy atom. The van der Waals surface area contributed by atoms with E-state index in [1.165, 1.54) is 5.56 Å². The number of aliphatic hydroxyl groups excluding tert-OH is 1. The highest BCUT2D eigenvalue weighted by molar-refractivity contribution is 9.10. The van der Waals surface area contributed by atoms with Gasteiger partial charge in [-0.15, -0.1) is 0 Å². The van der Waals surface area contributed by atoms with E-state index in [1.54, 1.807) is 0 Å². The quantitative estimate of drug-likeness (QED) is 0.829.